The van der Waals surface area contributed by atoms with Gasteiger partial charge < -0.3 is 20.2 Å². The molecule has 0 spiro atoms. The molecule has 90 valence electrons. The van der Waals surface area contributed by atoms with Crippen LogP contribution in [-0.2, 0) is 6.42 Å². The van der Waals surface area contributed by atoms with Crippen LogP contribution in [0.25, 0.3) is 0 Å². The number of ether oxygens (including phenoxy) is 1. The van der Waals surface area contributed by atoms with E-state index < -0.39 is 0 Å². The predicted molar refractivity (Wildman–Crippen MR) is 65.5 cm³/mol. The first-order valence-electron chi connectivity index (χ1n) is 5.37. The predicted octanol–water partition coefficient (Wildman–Crippen LogP) is 1.93. The molecule has 3 N–H and O–H groups in total. The highest BCUT2D eigenvalue weighted by molar-refractivity contribution is 5.53. The molecule has 0 aliphatic rings. The molecular weight excluding hydrogens is 218 g/mol. The minimum atomic E-state index is 0.471. The van der Waals surface area contributed by atoms with Crippen LogP contribution in [0.1, 0.15) is 5.69 Å². The Balaban J connectivity index is 2.03. The number of rotatable bonds is 5. The monoisotopic (exact) mass is 233 g/mol. The molecule has 1 aromatic carbocycles. The van der Waals surface area contributed by atoms with Gasteiger partial charge in [0.05, 0.1) is 12.8 Å². The van der Waals surface area contributed by atoms with Crippen molar-refractivity contribution in [2.75, 3.05) is 19.0 Å². The molecule has 0 saturated heterocycles. The van der Waals surface area contributed by atoms with Gasteiger partial charge in [0.2, 0.25) is 0 Å². The topological polar surface area (TPSA) is 73.3 Å². The summed E-state index contributed by atoms with van der Waals surface area (Å²) in [5, 5.41) is 3.06. The van der Waals surface area contributed by atoms with E-state index in [1.54, 1.807) is 13.4 Å². The van der Waals surface area contributed by atoms with Crippen molar-refractivity contribution in [2.24, 2.45) is 5.73 Å². The highest BCUT2D eigenvalue weighted by atomic mass is 16.5. The smallest absolute Gasteiger partial charge is 0.299 e. The van der Waals surface area contributed by atoms with Crippen LogP contribution in [0.3, 0.4) is 0 Å². The Labute approximate surface area is 99.6 Å². The van der Waals surface area contributed by atoms with Crippen LogP contribution in [0.5, 0.6) is 5.75 Å². The molecule has 2 rings (SSSR count). The third-order valence-corrected chi connectivity index (χ3v) is 2.29. The summed E-state index contributed by atoms with van der Waals surface area (Å²) in [6, 6.07) is 7.99. The molecule has 1 aromatic heterocycles. The van der Waals surface area contributed by atoms with Gasteiger partial charge in [-0.25, -0.2) is 0 Å². The van der Waals surface area contributed by atoms with Gasteiger partial charge in [0, 0.05) is 12.1 Å². The molecule has 2 aromatic rings. The van der Waals surface area contributed by atoms with E-state index in [-0.39, 0.29) is 0 Å². The van der Waals surface area contributed by atoms with Crippen LogP contribution in [0.2, 0.25) is 0 Å². The standard InChI is InChI=1S/C12H15N3O2/c1-16-11-4-2-9(3-5-11)14-12-15-10(6-7-13)8-17-12/h2-5,8H,6-7,13H2,1H3,(H,14,15). The van der Waals surface area contributed by atoms with Crippen molar-refractivity contribution >= 4 is 11.7 Å². The zero-order valence-corrected chi connectivity index (χ0v) is 9.64. The molecule has 5 nitrogen and oxygen atoms in total. The number of anilines is 2. The maximum atomic E-state index is 5.44. The van der Waals surface area contributed by atoms with Crippen LogP contribution in [0.15, 0.2) is 34.9 Å². The summed E-state index contributed by atoms with van der Waals surface area (Å²) in [4.78, 5) is 4.25. The van der Waals surface area contributed by atoms with Crippen LogP contribution in [0.4, 0.5) is 11.7 Å². The molecule has 0 atom stereocenters. The van der Waals surface area contributed by atoms with Crippen LogP contribution < -0.4 is 15.8 Å². The number of methoxy groups -OCH3 is 1. The van der Waals surface area contributed by atoms with Crippen molar-refractivity contribution in [3.63, 3.8) is 0 Å². The first-order valence-corrected chi connectivity index (χ1v) is 5.37. The number of hydrogen-bond donors (Lipinski definition) is 2. The molecule has 0 aliphatic heterocycles. The van der Waals surface area contributed by atoms with E-state index >= 15 is 0 Å². The van der Waals surface area contributed by atoms with Gasteiger partial charge in [0.15, 0.2) is 0 Å². The minimum absolute atomic E-state index is 0.471. The van der Waals surface area contributed by atoms with Gasteiger partial charge in [-0.1, -0.05) is 0 Å². The number of oxazole rings is 1. The molecule has 0 saturated carbocycles. The van der Waals surface area contributed by atoms with Gasteiger partial charge in [-0.05, 0) is 30.8 Å². The minimum Gasteiger partial charge on any atom is -0.497 e. The fourth-order valence-electron chi connectivity index (χ4n) is 1.42. The molecule has 0 amide bonds. The Bertz CT molecular complexity index is 465. The van der Waals surface area contributed by atoms with E-state index in [2.05, 4.69) is 10.3 Å². The zero-order valence-electron chi connectivity index (χ0n) is 9.64. The van der Waals surface area contributed by atoms with Gasteiger partial charge >= 0.3 is 0 Å². The van der Waals surface area contributed by atoms with Gasteiger partial charge in [0.25, 0.3) is 6.01 Å². The lowest BCUT2D eigenvalue weighted by Crippen LogP contribution is -2.02. The first-order chi connectivity index (χ1) is 8.31. The lowest BCUT2D eigenvalue weighted by atomic mass is 10.3. The van der Waals surface area contributed by atoms with E-state index in [9.17, 15) is 0 Å². The molecule has 5 heteroatoms. The van der Waals surface area contributed by atoms with Crippen LogP contribution >= 0.6 is 0 Å². The largest absolute Gasteiger partial charge is 0.497 e. The van der Waals surface area contributed by atoms with Crippen LogP contribution in [0, 0.1) is 0 Å². The fraction of sp³-hybridized carbons (Fsp3) is 0.250. The van der Waals surface area contributed by atoms with Crippen LogP contribution in [-0.4, -0.2) is 18.6 Å². The van der Waals surface area contributed by atoms with Crippen molar-refractivity contribution in [1.82, 2.24) is 4.98 Å². The number of nitrogens with zero attached hydrogens (tertiary/aromatic N) is 1. The van der Waals surface area contributed by atoms with Gasteiger partial charge in [-0.3, -0.25) is 0 Å². The van der Waals surface area contributed by atoms with Crippen molar-refractivity contribution < 1.29 is 9.15 Å². The quantitative estimate of drug-likeness (QED) is 0.825. The Kier molecular flexibility index (Phi) is 3.62. The second-order valence-electron chi connectivity index (χ2n) is 3.54. The summed E-state index contributed by atoms with van der Waals surface area (Å²) in [5.41, 5.74) is 7.18. The summed E-state index contributed by atoms with van der Waals surface area (Å²) >= 11 is 0. The third kappa shape index (κ3) is 2.98. The number of aromatic nitrogens is 1. The second kappa shape index (κ2) is 5.36. The Hall–Kier alpha value is -2.01. The average molecular weight is 233 g/mol. The molecular formula is C12H15N3O2. The molecule has 0 bridgehead atoms. The second-order valence-corrected chi connectivity index (χ2v) is 3.54. The molecule has 0 aliphatic carbocycles. The summed E-state index contributed by atoms with van der Waals surface area (Å²) in [6.45, 7) is 0.564. The first kappa shape index (κ1) is 11.5. The molecule has 0 unspecified atom stereocenters. The molecule has 1 heterocycles. The van der Waals surface area contributed by atoms with Crippen molar-refractivity contribution in [2.45, 2.75) is 6.42 Å². The number of hydrogen-bond acceptors (Lipinski definition) is 5. The fourth-order valence-corrected chi connectivity index (χ4v) is 1.42. The average Bonchev–Trinajstić information content (AvgIpc) is 2.78. The Morgan fingerprint density at radius 3 is 2.76 bits per heavy atom. The highest BCUT2D eigenvalue weighted by Crippen LogP contribution is 2.19. The van der Waals surface area contributed by atoms with E-state index in [1.807, 2.05) is 24.3 Å². The number of benzene rings is 1. The highest BCUT2D eigenvalue weighted by Gasteiger charge is 2.03. The molecule has 17 heavy (non-hydrogen) atoms. The molecule has 0 radical (unpaired) electrons. The number of nitrogens with two attached hydrogens (primary N) is 1. The summed E-state index contributed by atoms with van der Waals surface area (Å²) in [5.74, 6) is 0.812. The zero-order chi connectivity index (χ0) is 12.1. The summed E-state index contributed by atoms with van der Waals surface area (Å²) < 4.78 is 10.3. The van der Waals surface area contributed by atoms with E-state index in [1.165, 1.54) is 0 Å². The van der Waals surface area contributed by atoms with E-state index in [0.29, 0.717) is 19.0 Å². The molecule has 0 fully saturated rings. The van der Waals surface area contributed by atoms with Crippen molar-refractivity contribution in [3.8, 4) is 5.75 Å². The van der Waals surface area contributed by atoms with Crippen molar-refractivity contribution in [1.29, 1.82) is 0 Å². The Morgan fingerprint density at radius 2 is 2.12 bits per heavy atom. The maximum absolute atomic E-state index is 5.44. The van der Waals surface area contributed by atoms with Gasteiger partial charge in [-0.2, -0.15) is 4.98 Å². The lowest BCUT2D eigenvalue weighted by molar-refractivity contribution is 0.415. The van der Waals surface area contributed by atoms with E-state index in [0.717, 1.165) is 17.1 Å². The summed E-state index contributed by atoms with van der Waals surface area (Å²) in [6.07, 6.45) is 2.33. The Morgan fingerprint density at radius 1 is 1.35 bits per heavy atom. The SMILES string of the molecule is COc1ccc(Nc2nc(CCN)co2)cc1. The number of nitrogens with one attached hydrogen (secondary N) is 1. The van der Waals surface area contributed by atoms with Crippen molar-refractivity contribution in [3.05, 3.63) is 36.2 Å². The van der Waals surface area contributed by atoms with Gasteiger partial charge in [-0.15, -0.1) is 0 Å². The normalized spacial score (nSPS) is 10.2. The maximum Gasteiger partial charge on any atom is 0.299 e. The summed E-state index contributed by atoms with van der Waals surface area (Å²) in [7, 11) is 1.63. The van der Waals surface area contributed by atoms with E-state index in [4.69, 9.17) is 14.9 Å². The lowest BCUT2D eigenvalue weighted by Gasteiger charge is -2.03. The third-order valence-electron chi connectivity index (χ3n) is 2.29. The van der Waals surface area contributed by atoms with Gasteiger partial charge in [0.1, 0.15) is 12.0 Å².